The lowest BCUT2D eigenvalue weighted by Crippen LogP contribution is -2.38. The Morgan fingerprint density at radius 3 is 2.75 bits per heavy atom. The second kappa shape index (κ2) is 6.77. The minimum absolute atomic E-state index is 0.0480. The molecular formula is C19H23N3O2. The van der Waals surface area contributed by atoms with E-state index in [1.54, 1.807) is 0 Å². The average molecular weight is 325 g/mol. The number of ether oxygens (including phenoxy) is 1. The molecule has 0 saturated carbocycles. The summed E-state index contributed by atoms with van der Waals surface area (Å²) < 4.78 is 7.56. The Balaban J connectivity index is 1.59. The molecule has 5 nitrogen and oxygen atoms in total. The average Bonchev–Trinajstić information content (AvgIpc) is 3.08. The molecule has 5 heteroatoms. The van der Waals surface area contributed by atoms with Gasteiger partial charge in [-0.1, -0.05) is 30.3 Å². The van der Waals surface area contributed by atoms with E-state index in [0.717, 1.165) is 49.2 Å². The molecule has 1 fully saturated rings. The van der Waals surface area contributed by atoms with Crippen LogP contribution in [-0.2, 0) is 16.1 Å². The summed E-state index contributed by atoms with van der Waals surface area (Å²) in [4.78, 5) is 17.3. The van der Waals surface area contributed by atoms with Gasteiger partial charge < -0.3 is 14.6 Å². The maximum atomic E-state index is 12.6. The molecule has 3 heterocycles. The van der Waals surface area contributed by atoms with E-state index in [4.69, 9.17) is 4.74 Å². The van der Waals surface area contributed by atoms with Crippen molar-refractivity contribution in [3.8, 4) is 11.3 Å². The van der Waals surface area contributed by atoms with Crippen molar-refractivity contribution >= 4 is 5.91 Å². The predicted molar refractivity (Wildman–Crippen MR) is 91.3 cm³/mol. The Hall–Kier alpha value is -2.14. The summed E-state index contributed by atoms with van der Waals surface area (Å²) in [7, 11) is 0. The first-order chi connectivity index (χ1) is 11.8. The zero-order chi connectivity index (χ0) is 16.4. The molecule has 0 radical (unpaired) electrons. The smallest absolute Gasteiger partial charge is 0.223 e. The SMILES string of the molecule is O=C(NC1CCCn2cnc(-c3ccccc3)c21)C1CCOCC1. The topological polar surface area (TPSA) is 56.2 Å². The van der Waals surface area contributed by atoms with Gasteiger partial charge in [0, 0.05) is 31.2 Å². The summed E-state index contributed by atoms with van der Waals surface area (Å²) in [6.07, 6.45) is 5.59. The van der Waals surface area contributed by atoms with Gasteiger partial charge in [0.1, 0.15) is 0 Å². The van der Waals surface area contributed by atoms with Gasteiger partial charge in [0.05, 0.1) is 23.8 Å². The number of amides is 1. The van der Waals surface area contributed by atoms with Crippen LogP contribution >= 0.6 is 0 Å². The molecule has 1 atom stereocenters. The van der Waals surface area contributed by atoms with E-state index in [2.05, 4.69) is 27.0 Å². The second-order valence-corrected chi connectivity index (χ2v) is 6.63. The molecule has 2 aliphatic heterocycles. The molecule has 1 aromatic carbocycles. The largest absolute Gasteiger partial charge is 0.381 e. The van der Waals surface area contributed by atoms with Gasteiger partial charge in [-0.05, 0) is 25.7 Å². The van der Waals surface area contributed by atoms with Crippen molar-refractivity contribution in [3.63, 3.8) is 0 Å². The van der Waals surface area contributed by atoms with Crippen LogP contribution in [0.25, 0.3) is 11.3 Å². The van der Waals surface area contributed by atoms with E-state index in [9.17, 15) is 4.79 Å². The molecule has 1 aromatic heterocycles. The highest BCUT2D eigenvalue weighted by atomic mass is 16.5. The minimum Gasteiger partial charge on any atom is -0.381 e. The number of rotatable bonds is 3. The molecular weight excluding hydrogens is 302 g/mol. The van der Waals surface area contributed by atoms with Crippen LogP contribution in [0, 0.1) is 5.92 Å². The van der Waals surface area contributed by atoms with Gasteiger partial charge >= 0.3 is 0 Å². The van der Waals surface area contributed by atoms with Crippen LogP contribution in [0.3, 0.4) is 0 Å². The minimum atomic E-state index is 0.0480. The first kappa shape index (κ1) is 15.4. The number of aromatic nitrogens is 2. The Bertz CT molecular complexity index is 705. The van der Waals surface area contributed by atoms with Crippen molar-refractivity contribution in [2.24, 2.45) is 5.92 Å². The van der Waals surface area contributed by atoms with Crippen molar-refractivity contribution in [1.82, 2.24) is 14.9 Å². The van der Waals surface area contributed by atoms with E-state index < -0.39 is 0 Å². The predicted octanol–water partition coefficient (Wildman–Crippen LogP) is 2.93. The summed E-state index contributed by atoms with van der Waals surface area (Å²) in [6, 6.07) is 10.3. The monoisotopic (exact) mass is 325 g/mol. The maximum Gasteiger partial charge on any atom is 0.223 e. The summed E-state index contributed by atoms with van der Waals surface area (Å²) in [5.41, 5.74) is 3.25. The van der Waals surface area contributed by atoms with Crippen LogP contribution in [0.15, 0.2) is 36.7 Å². The highest BCUT2D eigenvalue weighted by Gasteiger charge is 2.29. The fourth-order valence-electron chi connectivity index (χ4n) is 3.75. The molecule has 1 unspecified atom stereocenters. The lowest BCUT2D eigenvalue weighted by molar-refractivity contribution is -0.128. The van der Waals surface area contributed by atoms with Crippen LogP contribution in [0.1, 0.15) is 37.4 Å². The number of nitrogens with one attached hydrogen (secondary N) is 1. The van der Waals surface area contributed by atoms with Crippen LogP contribution in [0.4, 0.5) is 0 Å². The molecule has 0 aliphatic carbocycles. The van der Waals surface area contributed by atoms with Crippen LogP contribution in [0.2, 0.25) is 0 Å². The molecule has 4 rings (SSSR count). The van der Waals surface area contributed by atoms with Crippen molar-refractivity contribution in [3.05, 3.63) is 42.4 Å². The number of carbonyl (C=O) groups excluding carboxylic acids is 1. The first-order valence-corrected chi connectivity index (χ1v) is 8.81. The number of carbonyl (C=O) groups is 1. The summed E-state index contributed by atoms with van der Waals surface area (Å²) in [6.45, 7) is 2.35. The molecule has 24 heavy (non-hydrogen) atoms. The number of nitrogens with zero attached hydrogens (tertiary/aromatic N) is 2. The standard InChI is InChI=1S/C19H23N3O2/c23-19(15-8-11-24-12-9-15)21-16-7-4-10-22-13-20-17(18(16)22)14-5-2-1-3-6-14/h1-3,5-6,13,15-16H,4,7-12H2,(H,21,23). The van der Waals surface area contributed by atoms with Gasteiger partial charge in [0.15, 0.2) is 0 Å². The highest BCUT2D eigenvalue weighted by molar-refractivity contribution is 5.79. The molecule has 2 aliphatic rings. The fourth-order valence-corrected chi connectivity index (χ4v) is 3.75. The molecule has 1 amide bonds. The zero-order valence-corrected chi connectivity index (χ0v) is 13.8. The zero-order valence-electron chi connectivity index (χ0n) is 13.8. The number of fused-ring (bicyclic) bond motifs is 1. The first-order valence-electron chi connectivity index (χ1n) is 8.81. The van der Waals surface area contributed by atoms with E-state index in [1.807, 2.05) is 24.5 Å². The third-order valence-corrected chi connectivity index (χ3v) is 5.06. The lowest BCUT2D eigenvalue weighted by atomic mass is 9.95. The third-order valence-electron chi connectivity index (χ3n) is 5.06. The Kier molecular flexibility index (Phi) is 4.34. The van der Waals surface area contributed by atoms with Crippen LogP contribution in [0.5, 0.6) is 0 Å². The Morgan fingerprint density at radius 1 is 1.17 bits per heavy atom. The maximum absolute atomic E-state index is 12.6. The van der Waals surface area contributed by atoms with Crippen molar-refractivity contribution in [1.29, 1.82) is 0 Å². The quantitative estimate of drug-likeness (QED) is 0.944. The van der Waals surface area contributed by atoms with Gasteiger partial charge in [-0.3, -0.25) is 4.79 Å². The number of hydrogen-bond donors (Lipinski definition) is 1. The Labute approximate surface area is 142 Å². The number of hydrogen-bond acceptors (Lipinski definition) is 3. The van der Waals surface area contributed by atoms with Gasteiger partial charge in [0.2, 0.25) is 5.91 Å². The Morgan fingerprint density at radius 2 is 1.96 bits per heavy atom. The molecule has 1 saturated heterocycles. The normalized spacial score (nSPS) is 21.2. The van der Waals surface area contributed by atoms with Crippen LogP contribution < -0.4 is 5.32 Å². The molecule has 0 bridgehead atoms. The number of benzene rings is 1. The number of aryl methyl sites for hydroxylation is 1. The van der Waals surface area contributed by atoms with E-state index in [0.29, 0.717) is 13.2 Å². The van der Waals surface area contributed by atoms with Gasteiger partial charge in [-0.15, -0.1) is 0 Å². The molecule has 0 spiro atoms. The second-order valence-electron chi connectivity index (χ2n) is 6.63. The summed E-state index contributed by atoms with van der Waals surface area (Å²) >= 11 is 0. The van der Waals surface area contributed by atoms with E-state index >= 15 is 0 Å². The van der Waals surface area contributed by atoms with Gasteiger partial charge in [-0.2, -0.15) is 0 Å². The summed E-state index contributed by atoms with van der Waals surface area (Å²) in [5.74, 6) is 0.245. The molecule has 2 aromatic rings. The number of imidazole rings is 1. The molecule has 126 valence electrons. The van der Waals surface area contributed by atoms with Gasteiger partial charge in [0.25, 0.3) is 0 Å². The highest BCUT2D eigenvalue weighted by Crippen LogP contribution is 2.33. The van der Waals surface area contributed by atoms with Gasteiger partial charge in [-0.25, -0.2) is 4.98 Å². The van der Waals surface area contributed by atoms with E-state index in [1.165, 1.54) is 0 Å². The van der Waals surface area contributed by atoms with Crippen LogP contribution in [-0.4, -0.2) is 28.7 Å². The lowest BCUT2D eigenvalue weighted by Gasteiger charge is -2.29. The molecule has 1 N–H and O–H groups in total. The van der Waals surface area contributed by atoms with Crippen molar-refractivity contribution in [2.75, 3.05) is 13.2 Å². The third kappa shape index (κ3) is 2.96. The van der Waals surface area contributed by atoms with Crippen molar-refractivity contribution in [2.45, 2.75) is 38.3 Å². The van der Waals surface area contributed by atoms with Crippen molar-refractivity contribution < 1.29 is 9.53 Å². The fraction of sp³-hybridized carbons (Fsp3) is 0.474. The van der Waals surface area contributed by atoms with E-state index in [-0.39, 0.29) is 17.9 Å². The summed E-state index contributed by atoms with van der Waals surface area (Å²) in [5, 5.41) is 3.29.